The van der Waals surface area contributed by atoms with Gasteiger partial charge in [-0.2, -0.15) is 4.31 Å². The SMILES string of the molecule is CC1CNCCN1C(=O)OCC1CCCC(c2cccc(F)c2)N1S(=O)(=O)c1ccc(Cl)cc1. The van der Waals surface area contributed by atoms with Crippen molar-refractivity contribution in [1.82, 2.24) is 14.5 Å². The standard InChI is InChI=1S/C24H29ClFN3O4S/c1-17-15-27-12-13-28(17)24(30)33-16-21-6-3-7-23(18-4-2-5-20(26)14-18)29(21)34(31,32)22-10-8-19(25)9-11-22/h2,4-5,8-11,14,17,21,23,27H,3,6-7,12-13,15-16H2,1H3. The highest BCUT2D eigenvalue weighted by Gasteiger charge is 2.41. The lowest BCUT2D eigenvalue weighted by Crippen LogP contribution is -2.53. The van der Waals surface area contributed by atoms with Gasteiger partial charge in [0, 0.05) is 30.7 Å². The molecule has 0 saturated carbocycles. The molecule has 10 heteroatoms. The molecule has 4 rings (SSSR count). The molecule has 34 heavy (non-hydrogen) atoms. The van der Waals surface area contributed by atoms with Gasteiger partial charge >= 0.3 is 6.09 Å². The van der Waals surface area contributed by atoms with Crippen LogP contribution in [0.1, 0.15) is 37.8 Å². The summed E-state index contributed by atoms with van der Waals surface area (Å²) in [6.45, 7) is 3.75. The number of nitrogens with one attached hydrogen (secondary N) is 1. The summed E-state index contributed by atoms with van der Waals surface area (Å²) in [7, 11) is -3.98. The Kier molecular flexibility index (Phi) is 7.77. The molecule has 2 aromatic carbocycles. The molecule has 3 unspecified atom stereocenters. The van der Waals surface area contributed by atoms with Gasteiger partial charge in [-0.15, -0.1) is 0 Å². The number of carbonyl (C=O) groups is 1. The van der Waals surface area contributed by atoms with Crippen LogP contribution in [0, 0.1) is 5.82 Å². The van der Waals surface area contributed by atoms with Gasteiger partial charge in [-0.3, -0.25) is 0 Å². The summed E-state index contributed by atoms with van der Waals surface area (Å²) >= 11 is 5.97. The van der Waals surface area contributed by atoms with Gasteiger partial charge in [0.15, 0.2) is 0 Å². The van der Waals surface area contributed by atoms with E-state index in [0.29, 0.717) is 43.1 Å². The molecule has 2 heterocycles. The van der Waals surface area contributed by atoms with Crippen LogP contribution in [-0.4, -0.2) is 62.0 Å². The number of carbonyl (C=O) groups excluding carboxylic acids is 1. The summed E-state index contributed by atoms with van der Waals surface area (Å²) in [6, 6.07) is 10.8. The van der Waals surface area contributed by atoms with Crippen molar-refractivity contribution in [2.75, 3.05) is 26.2 Å². The number of benzene rings is 2. The summed E-state index contributed by atoms with van der Waals surface area (Å²) < 4.78 is 48.7. The van der Waals surface area contributed by atoms with E-state index in [4.69, 9.17) is 16.3 Å². The van der Waals surface area contributed by atoms with Crippen LogP contribution in [0.3, 0.4) is 0 Å². The predicted octanol–water partition coefficient (Wildman–Crippen LogP) is 4.19. The van der Waals surface area contributed by atoms with E-state index in [0.717, 1.165) is 6.42 Å². The van der Waals surface area contributed by atoms with E-state index in [1.807, 2.05) is 6.92 Å². The van der Waals surface area contributed by atoms with Crippen LogP contribution < -0.4 is 5.32 Å². The third kappa shape index (κ3) is 5.38. The molecule has 0 spiro atoms. The summed E-state index contributed by atoms with van der Waals surface area (Å²) in [5, 5.41) is 3.65. The number of hydrogen-bond acceptors (Lipinski definition) is 5. The first kappa shape index (κ1) is 24.9. The summed E-state index contributed by atoms with van der Waals surface area (Å²) in [5.74, 6) is -0.428. The lowest BCUT2D eigenvalue weighted by atomic mass is 9.93. The Bertz CT molecular complexity index is 1120. The molecule has 0 aliphatic carbocycles. The van der Waals surface area contributed by atoms with Crippen LogP contribution in [-0.2, 0) is 14.8 Å². The molecule has 1 amide bonds. The summed E-state index contributed by atoms with van der Waals surface area (Å²) in [6.07, 6.45) is 1.34. The van der Waals surface area contributed by atoms with Crippen molar-refractivity contribution < 1.29 is 22.3 Å². The van der Waals surface area contributed by atoms with Crippen molar-refractivity contribution in [2.45, 2.75) is 49.2 Å². The van der Waals surface area contributed by atoms with Gasteiger partial charge in [0.25, 0.3) is 0 Å². The van der Waals surface area contributed by atoms with Gasteiger partial charge in [-0.1, -0.05) is 23.7 Å². The highest BCUT2D eigenvalue weighted by Crippen LogP contribution is 2.39. The second-order valence-electron chi connectivity index (χ2n) is 8.77. The zero-order valence-electron chi connectivity index (χ0n) is 19.0. The van der Waals surface area contributed by atoms with Gasteiger partial charge in [-0.25, -0.2) is 17.6 Å². The van der Waals surface area contributed by atoms with Gasteiger partial charge < -0.3 is 15.0 Å². The minimum Gasteiger partial charge on any atom is -0.448 e. The first-order chi connectivity index (χ1) is 16.3. The third-order valence-electron chi connectivity index (χ3n) is 6.44. The Labute approximate surface area is 204 Å². The Morgan fingerprint density at radius 1 is 1.21 bits per heavy atom. The molecule has 2 aliphatic rings. The molecule has 1 N–H and O–H groups in total. The zero-order chi connectivity index (χ0) is 24.3. The number of piperazine rings is 1. The van der Waals surface area contributed by atoms with Crippen molar-refractivity contribution in [3.8, 4) is 0 Å². The van der Waals surface area contributed by atoms with Crippen molar-refractivity contribution in [2.24, 2.45) is 0 Å². The molecular weight excluding hydrogens is 481 g/mol. The van der Waals surface area contributed by atoms with E-state index < -0.39 is 34.0 Å². The van der Waals surface area contributed by atoms with Crippen LogP contribution in [0.2, 0.25) is 5.02 Å². The lowest BCUT2D eigenvalue weighted by molar-refractivity contribution is 0.0500. The highest BCUT2D eigenvalue weighted by molar-refractivity contribution is 7.89. The Balaban J connectivity index is 1.63. The Morgan fingerprint density at radius 2 is 1.97 bits per heavy atom. The number of nitrogens with zero attached hydrogens (tertiary/aromatic N) is 2. The number of hydrogen-bond donors (Lipinski definition) is 1. The summed E-state index contributed by atoms with van der Waals surface area (Å²) in [4.78, 5) is 14.5. The molecular formula is C24H29ClFN3O4S. The topological polar surface area (TPSA) is 79.0 Å². The number of sulfonamides is 1. The average Bonchev–Trinajstić information content (AvgIpc) is 2.83. The van der Waals surface area contributed by atoms with E-state index in [1.165, 1.54) is 40.7 Å². The first-order valence-corrected chi connectivity index (χ1v) is 13.3. The predicted molar refractivity (Wildman–Crippen MR) is 128 cm³/mol. The van der Waals surface area contributed by atoms with Gasteiger partial charge in [-0.05, 0) is 68.1 Å². The molecule has 2 saturated heterocycles. The van der Waals surface area contributed by atoms with Crippen LogP contribution in [0.5, 0.6) is 0 Å². The molecule has 3 atom stereocenters. The fourth-order valence-corrected chi connectivity index (χ4v) is 6.67. The zero-order valence-corrected chi connectivity index (χ0v) is 20.6. The fraction of sp³-hybridized carbons (Fsp3) is 0.458. The van der Waals surface area contributed by atoms with Gasteiger partial charge in [0.2, 0.25) is 10.0 Å². The smallest absolute Gasteiger partial charge is 0.410 e. The minimum atomic E-state index is -3.98. The molecule has 184 valence electrons. The van der Waals surface area contributed by atoms with Crippen LogP contribution in [0.15, 0.2) is 53.4 Å². The van der Waals surface area contributed by atoms with Gasteiger partial charge in [0.1, 0.15) is 12.4 Å². The lowest BCUT2D eigenvalue weighted by Gasteiger charge is -2.41. The number of halogens is 2. The quantitative estimate of drug-likeness (QED) is 0.653. The van der Waals surface area contributed by atoms with E-state index in [9.17, 15) is 17.6 Å². The average molecular weight is 510 g/mol. The third-order valence-corrected chi connectivity index (χ3v) is 8.67. The minimum absolute atomic E-state index is 0.0125. The molecule has 0 aromatic heterocycles. The number of rotatable bonds is 5. The second-order valence-corrected chi connectivity index (χ2v) is 11.0. The highest BCUT2D eigenvalue weighted by atomic mass is 35.5. The number of amides is 1. The van der Waals surface area contributed by atoms with Crippen molar-refractivity contribution >= 4 is 27.7 Å². The molecule has 2 fully saturated rings. The molecule has 0 bridgehead atoms. The molecule has 7 nitrogen and oxygen atoms in total. The van der Waals surface area contributed by atoms with Crippen LogP contribution >= 0.6 is 11.6 Å². The van der Waals surface area contributed by atoms with Crippen LogP contribution in [0.4, 0.5) is 9.18 Å². The van der Waals surface area contributed by atoms with Crippen molar-refractivity contribution in [3.63, 3.8) is 0 Å². The largest absolute Gasteiger partial charge is 0.448 e. The van der Waals surface area contributed by atoms with Crippen LogP contribution in [0.25, 0.3) is 0 Å². The Hall–Kier alpha value is -2.20. The second kappa shape index (κ2) is 10.6. The maximum Gasteiger partial charge on any atom is 0.410 e. The molecule has 0 radical (unpaired) electrons. The van der Waals surface area contributed by atoms with Crippen molar-refractivity contribution in [1.29, 1.82) is 0 Å². The Morgan fingerprint density at radius 3 is 2.68 bits per heavy atom. The normalized spacial score (nSPS) is 24.1. The monoisotopic (exact) mass is 509 g/mol. The maximum absolute atomic E-state index is 14.0. The van der Waals surface area contributed by atoms with E-state index in [2.05, 4.69) is 5.32 Å². The number of ether oxygens (including phenoxy) is 1. The fourth-order valence-electron chi connectivity index (χ4n) is 4.69. The molecule has 2 aromatic rings. The summed E-state index contributed by atoms with van der Waals surface area (Å²) in [5.41, 5.74) is 0.573. The number of piperidine rings is 1. The maximum atomic E-state index is 14.0. The van der Waals surface area contributed by atoms with Gasteiger partial charge in [0.05, 0.1) is 17.0 Å². The molecule has 2 aliphatic heterocycles. The van der Waals surface area contributed by atoms with Crippen molar-refractivity contribution in [3.05, 3.63) is 64.9 Å². The first-order valence-electron chi connectivity index (χ1n) is 11.5. The van der Waals surface area contributed by atoms with E-state index in [1.54, 1.807) is 17.0 Å². The van der Waals surface area contributed by atoms with E-state index in [-0.39, 0.29) is 17.5 Å². The van der Waals surface area contributed by atoms with E-state index >= 15 is 0 Å².